The van der Waals surface area contributed by atoms with Crippen LogP contribution in [0.25, 0.3) is 0 Å². The Bertz CT molecular complexity index is 537. The first-order valence-electron chi connectivity index (χ1n) is 7.94. The van der Waals surface area contributed by atoms with Gasteiger partial charge in [-0.25, -0.2) is 9.18 Å². The Morgan fingerprint density at radius 2 is 1.70 bits per heavy atom. The Morgan fingerprint density at radius 1 is 1.09 bits per heavy atom. The molecule has 5 nitrogen and oxygen atoms in total. The smallest absolute Gasteiger partial charge is 0.319 e. The molecule has 0 aliphatic carbocycles. The van der Waals surface area contributed by atoms with Crippen LogP contribution >= 0.6 is 0 Å². The zero-order valence-electron chi connectivity index (χ0n) is 13.8. The van der Waals surface area contributed by atoms with Crippen LogP contribution < -0.4 is 0 Å². The van der Waals surface area contributed by atoms with Crippen molar-refractivity contribution in [3.05, 3.63) is 35.6 Å². The lowest BCUT2D eigenvalue weighted by Gasteiger charge is -2.35. The molecule has 0 atom stereocenters. The lowest BCUT2D eigenvalue weighted by Crippen LogP contribution is -2.51. The molecule has 1 aromatic carbocycles. The SMILES string of the molecule is CN(C)C(=O)N1CCN(CCCC(=O)c2ccc(F)cc2)CC1. The van der Waals surface area contributed by atoms with Gasteiger partial charge in [0.25, 0.3) is 0 Å². The summed E-state index contributed by atoms with van der Waals surface area (Å²) < 4.78 is 12.8. The summed E-state index contributed by atoms with van der Waals surface area (Å²) in [7, 11) is 3.52. The first-order chi connectivity index (χ1) is 11.0. The first-order valence-corrected chi connectivity index (χ1v) is 7.94. The van der Waals surface area contributed by atoms with Crippen molar-refractivity contribution in [1.82, 2.24) is 14.7 Å². The van der Waals surface area contributed by atoms with E-state index >= 15 is 0 Å². The quantitative estimate of drug-likeness (QED) is 0.780. The molecule has 126 valence electrons. The van der Waals surface area contributed by atoms with Gasteiger partial charge in [0.05, 0.1) is 0 Å². The van der Waals surface area contributed by atoms with Gasteiger partial charge in [0.1, 0.15) is 5.82 Å². The molecule has 1 aliphatic rings. The molecule has 0 spiro atoms. The second-order valence-electron chi connectivity index (χ2n) is 6.04. The van der Waals surface area contributed by atoms with Crippen molar-refractivity contribution in [3.63, 3.8) is 0 Å². The molecule has 0 saturated carbocycles. The van der Waals surface area contributed by atoms with Crippen molar-refractivity contribution in [3.8, 4) is 0 Å². The minimum absolute atomic E-state index is 0.0476. The molecule has 0 radical (unpaired) electrons. The second kappa shape index (κ2) is 8.06. The van der Waals surface area contributed by atoms with Gasteiger partial charge in [0.2, 0.25) is 0 Å². The molecule has 1 heterocycles. The van der Waals surface area contributed by atoms with Crippen molar-refractivity contribution in [2.75, 3.05) is 46.8 Å². The van der Waals surface area contributed by atoms with Crippen LogP contribution in [0.2, 0.25) is 0 Å². The molecule has 0 bridgehead atoms. The third-order valence-corrected chi connectivity index (χ3v) is 4.07. The number of urea groups is 1. The van der Waals surface area contributed by atoms with E-state index in [0.29, 0.717) is 12.0 Å². The fourth-order valence-corrected chi connectivity index (χ4v) is 2.69. The summed E-state index contributed by atoms with van der Waals surface area (Å²) in [6.07, 6.45) is 1.24. The largest absolute Gasteiger partial charge is 0.331 e. The van der Waals surface area contributed by atoms with Gasteiger partial charge in [-0.3, -0.25) is 9.69 Å². The van der Waals surface area contributed by atoms with E-state index in [0.717, 1.165) is 39.1 Å². The van der Waals surface area contributed by atoms with Gasteiger partial charge in [-0.15, -0.1) is 0 Å². The number of hydrogen-bond donors (Lipinski definition) is 0. The monoisotopic (exact) mass is 321 g/mol. The van der Waals surface area contributed by atoms with Crippen molar-refractivity contribution >= 4 is 11.8 Å². The number of hydrogen-bond acceptors (Lipinski definition) is 3. The summed E-state index contributed by atoms with van der Waals surface area (Å²) in [5.41, 5.74) is 0.563. The van der Waals surface area contributed by atoms with E-state index in [1.54, 1.807) is 19.0 Å². The Balaban J connectivity index is 1.68. The van der Waals surface area contributed by atoms with Crippen LogP contribution in [0.4, 0.5) is 9.18 Å². The highest BCUT2D eigenvalue weighted by molar-refractivity contribution is 5.95. The van der Waals surface area contributed by atoms with Crippen LogP contribution in [0, 0.1) is 5.82 Å². The van der Waals surface area contributed by atoms with Crippen LogP contribution in [-0.2, 0) is 0 Å². The summed E-state index contributed by atoms with van der Waals surface area (Å²) in [5.74, 6) is -0.280. The average molecular weight is 321 g/mol. The van der Waals surface area contributed by atoms with E-state index < -0.39 is 0 Å². The minimum atomic E-state index is -0.327. The van der Waals surface area contributed by atoms with Gasteiger partial charge < -0.3 is 9.80 Å². The summed E-state index contributed by atoms with van der Waals surface area (Å²) in [4.78, 5) is 29.6. The number of carbonyl (C=O) groups excluding carboxylic acids is 2. The topological polar surface area (TPSA) is 43.9 Å². The van der Waals surface area contributed by atoms with Crippen molar-refractivity contribution in [2.24, 2.45) is 0 Å². The van der Waals surface area contributed by atoms with E-state index in [1.807, 2.05) is 4.90 Å². The maximum absolute atomic E-state index is 12.8. The predicted molar refractivity (Wildman–Crippen MR) is 87.1 cm³/mol. The molecule has 1 fully saturated rings. The zero-order valence-corrected chi connectivity index (χ0v) is 13.8. The molecule has 1 aliphatic heterocycles. The van der Waals surface area contributed by atoms with E-state index in [1.165, 1.54) is 24.3 Å². The van der Waals surface area contributed by atoms with Gasteiger partial charge >= 0.3 is 6.03 Å². The molecule has 1 saturated heterocycles. The fraction of sp³-hybridized carbons (Fsp3) is 0.529. The average Bonchev–Trinajstić information content (AvgIpc) is 2.55. The van der Waals surface area contributed by atoms with E-state index in [-0.39, 0.29) is 17.6 Å². The van der Waals surface area contributed by atoms with E-state index in [9.17, 15) is 14.0 Å². The van der Waals surface area contributed by atoms with Gasteiger partial charge in [-0.2, -0.15) is 0 Å². The Labute approximate surface area is 136 Å². The number of carbonyl (C=O) groups is 2. The van der Waals surface area contributed by atoms with Crippen molar-refractivity contribution in [1.29, 1.82) is 0 Å². The van der Waals surface area contributed by atoms with Crippen molar-refractivity contribution in [2.45, 2.75) is 12.8 Å². The van der Waals surface area contributed by atoms with Gasteiger partial charge in [0, 0.05) is 52.3 Å². The first kappa shape index (κ1) is 17.4. The third kappa shape index (κ3) is 5.03. The molecular formula is C17H24FN3O2. The molecule has 2 amide bonds. The third-order valence-electron chi connectivity index (χ3n) is 4.07. The summed E-state index contributed by atoms with van der Waals surface area (Å²) in [6.45, 7) is 3.97. The van der Waals surface area contributed by atoms with Crippen LogP contribution in [-0.4, -0.2) is 73.3 Å². The van der Waals surface area contributed by atoms with E-state index in [2.05, 4.69) is 4.90 Å². The highest BCUT2D eigenvalue weighted by Crippen LogP contribution is 2.09. The Morgan fingerprint density at radius 3 is 2.26 bits per heavy atom. The Hall–Kier alpha value is -1.95. The zero-order chi connectivity index (χ0) is 16.8. The summed E-state index contributed by atoms with van der Waals surface area (Å²) in [6, 6.07) is 5.74. The number of piperazine rings is 1. The second-order valence-corrected chi connectivity index (χ2v) is 6.04. The highest BCUT2D eigenvalue weighted by atomic mass is 19.1. The molecule has 2 rings (SSSR count). The normalized spacial score (nSPS) is 15.5. The maximum atomic E-state index is 12.8. The number of halogens is 1. The molecule has 1 aromatic rings. The lowest BCUT2D eigenvalue weighted by atomic mass is 10.1. The number of benzene rings is 1. The summed E-state index contributed by atoms with van der Waals surface area (Å²) >= 11 is 0. The van der Waals surface area contributed by atoms with Crippen LogP contribution in [0.5, 0.6) is 0 Å². The number of ketones is 1. The van der Waals surface area contributed by atoms with Gasteiger partial charge in [-0.1, -0.05) is 0 Å². The molecular weight excluding hydrogens is 297 g/mol. The number of nitrogens with zero attached hydrogens (tertiary/aromatic N) is 3. The van der Waals surface area contributed by atoms with Crippen LogP contribution in [0.1, 0.15) is 23.2 Å². The molecule has 0 aromatic heterocycles. The summed E-state index contributed by atoms with van der Waals surface area (Å²) in [5, 5.41) is 0. The maximum Gasteiger partial charge on any atom is 0.319 e. The molecule has 0 unspecified atom stereocenters. The minimum Gasteiger partial charge on any atom is -0.331 e. The van der Waals surface area contributed by atoms with Crippen molar-refractivity contribution < 1.29 is 14.0 Å². The Kier molecular flexibility index (Phi) is 6.10. The fourth-order valence-electron chi connectivity index (χ4n) is 2.69. The van der Waals surface area contributed by atoms with E-state index in [4.69, 9.17) is 0 Å². The number of rotatable bonds is 5. The van der Waals surface area contributed by atoms with Gasteiger partial charge in [0.15, 0.2) is 5.78 Å². The number of amides is 2. The molecule has 23 heavy (non-hydrogen) atoms. The van der Waals surface area contributed by atoms with Crippen LogP contribution in [0.15, 0.2) is 24.3 Å². The number of Topliss-reactive ketones (excluding diaryl/α,β-unsaturated/α-hetero) is 1. The molecule has 6 heteroatoms. The standard InChI is InChI=1S/C17H24FN3O2/c1-19(2)17(23)21-12-10-20(11-13-21)9-3-4-16(22)14-5-7-15(18)8-6-14/h5-8H,3-4,9-13H2,1-2H3. The van der Waals surface area contributed by atoms with Crippen LogP contribution in [0.3, 0.4) is 0 Å². The molecule has 0 N–H and O–H groups in total. The highest BCUT2D eigenvalue weighted by Gasteiger charge is 2.21. The lowest BCUT2D eigenvalue weighted by molar-refractivity contribution is 0.0964. The predicted octanol–water partition coefficient (Wildman–Crippen LogP) is 2.09. The van der Waals surface area contributed by atoms with Gasteiger partial charge in [-0.05, 0) is 37.2 Å².